The first-order valence-corrected chi connectivity index (χ1v) is 6.99. The van der Waals surface area contributed by atoms with Crippen LogP contribution in [0.15, 0.2) is 72.8 Å². The van der Waals surface area contributed by atoms with Crippen molar-refractivity contribution in [1.29, 1.82) is 0 Å². The molecule has 0 aliphatic heterocycles. The topological polar surface area (TPSA) is 60.4 Å². The molecular formula is C19H12O4. The van der Waals surface area contributed by atoms with Crippen molar-refractivity contribution in [2.45, 2.75) is 0 Å². The van der Waals surface area contributed by atoms with Crippen molar-refractivity contribution in [2.75, 3.05) is 0 Å². The summed E-state index contributed by atoms with van der Waals surface area (Å²) >= 11 is 0. The van der Waals surface area contributed by atoms with Gasteiger partial charge in [-0.1, -0.05) is 30.3 Å². The molecule has 0 N–H and O–H groups in total. The van der Waals surface area contributed by atoms with E-state index in [1.165, 1.54) is 18.2 Å². The van der Waals surface area contributed by atoms with Crippen LogP contribution < -0.4 is 4.74 Å². The van der Waals surface area contributed by atoms with Gasteiger partial charge in [-0.15, -0.1) is 0 Å². The first kappa shape index (κ1) is 14.7. The SMILES string of the molecule is O=C1C=CC(=O)C(c2ccc(OC(=O)c3ccccc3)cc2)=C1. The predicted molar refractivity (Wildman–Crippen MR) is 85.0 cm³/mol. The van der Waals surface area contributed by atoms with Crippen LogP contribution in [0.1, 0.15) is 15.9 Å². The zero-order chi connectivity index (χ0) is 16.2. The normalized spacial score (nSPS) is 13.7. The van der Waals surface area contributed by atoms with Crippen molar-refractivity contribution < 1.29 is 19.1 Å². The quantitative estimate of drug-likeness (QED) is 0.497. The van der Waals surface area contributed by atoms with Gasteiger partial charge < -0.3 is 4.74 Å². The van der Waals surface area contributed by atoms with Gasteiger partial charge in [-0.2, -0.15) is 0 Å². The molecule has 0 fully saturated rings. The van der Waals surface area contributed by atoms with Gasteiger partial charge in [-0.3, -0.25) is 9.59 Å². The fraction of sp³-hybridized carbons (Fsp3) is 0. The molecular weight excluding hydrogens is 292 g/mol. The molecule has 1 aliphatic rings. The van der Waals surface area contributed by atoms with Gasteiger partial charge in [0, 0.05) is 5.57 Å². The van der Waals surface area contributed by atoms with Crippen molar-refractivity contribution in [3.63, 3.8) is 0 Å². The zero-order valence-corrected chi connectivity index (χ0v) is 12.1. The Morgan fingerprint density at radius 3 is 2.22 bits per heavy atom. The minimum atomic E-state index is -0.454. The van der Waals surface area contributed by atoms with Gasteiger partial charge in [0.05, 0.1) is 5.56 Å². The molecule has 0 spiro atoms. The predicted octanol–water partition coefficient (Wildman–Crippen LogP) is 3.00. The molecule has 0 saturated heterocycles. The maximum absolute atomic E-state index is 12.0. The molecule has 1 aliphatic carbocycles. The van der Waals surface area contributed by atoms with Gasteiger partial charge in [0.25, 0.3) is 0 Å². The largest absolute Gasteiger partial charge is 0.423 e. The summed E-state index contributed by atoms with van der Waals surface area (Å²) in [5.74, 6) is -0.532. The Kier molecular flexibility index (Phi) is 3.97. The third-order valence-electron chi connectivity index (χ3n) is 3.34. The summed E-state index contributed by atoms with van der Waals surface area (Å²) in [5, 5.41) is 0. The number of carbonyl (C=O) groups excluding carboxylic acids is 3. The highest BCUT2D eigenvalue weighted by Crippen LogP contribution is 2.22. The van der Waals surface area contributed by atoms with Gasteiger partial charge in [0.1, 0.15) is 5.75 Å². The minimum absolute atomic E-state index is 0.223. The third kappa shape index (κ3) is 3.32. The second kappa shape index (κ2) is 6.23. The van der Waals surface area contributed by atoms with E-state index in [0.29, 0.717) is 22.4 Å². The monoisotopic (exact) mass is 304 g/mol. The second-order valence-corrected chi connectivity index (χ2v) is 4.94. The van der Waals surface area contributed by atoms with E-state index in [9.17, 15) is 14.4 Å². The van der Waals surface area contributed by atoms with Gasteiger partial charge in [0.2, 0.25) is 0 Å². The van der Waals surface area contributed by atoms with Crippen LogP contribution in [0, 0.1) is 0 Å². The molecule has 2 aromatic rings. The maximum Gasteiger partial charge on any atom is 0.343 e. The maximum atomic E-state index is 12.0. The third-order valence-corrected chi connectivity index (χ3v) is 3.34. The Morgan fingerprint density at radius 1 is 0.826 bits per heavy atom. The highest BCUT2D eigenvalue weighted by molar-refractivity contribution is 6.33. The molecule has 0 heterocycles. The first-order valence-electron chi connectivity index (χ1n) is 6.99. The van der Waals surface area contributed by atoms with Crippen LogP contribution >= 0.6 is 0 Å². The molecule has 2 aromatic carbocycles. The summed E-state index contributed by atoms with van der Waals surface area (Å²) in [6, 6.07) is 15.1. The molecule has 23 heavy (non-hydrogen) atoms. The van der Waals surface area contributed by atoms with E-state index in [2.05, 4.69) is 0 Å². The fourth-order valence-electron chi connectivity index (χ4n) is 2.18. The minimum Gasteiger partial charge on any atom is -0.423 e. The molecule has 0 radical (unpaired) electrons. The average molecular weight is 304 g/mol. The van der Waals surface area contributed by atoms with Crippen LogP contribution in [0.2, 0.25) is 0 Å². The Morgan fingerprint density at radius 2 is 1.52 bits per heavy atom. The zero-order valence-electron chi connectivity index (χ0n) is 12.1. The molecule has 0 saturated carbocycles. The highest BCUT2D eigenvalue weighted by atomic mass is 16.5. The smallest absolute Gasteiger partial charge is 0.343 e. The molecule has 0 atom stereocenters. The van der Waals surface area contributed by atoms with Crippen LogP contribution in [0.4, 0.5) is 0 Å². The van der Waals surface area contributed by atoms with Crippen molar-refractivity contribution in [1.82, 2.24) is 0 Å². The number of ether oxygens (including phenoxy) is 1. The lowest BCUT2D eigenvalue weighted by Gasteiger charge is -2.08. The molecule has 4 nitrogen and oxygen atoms in total. The molecule has 0 bridgehead atoms. The highest BCUT2D eigenvalue weighted by Gasteiger charge is 2.15. The van der Waals surface area contributed by atoms with E-state index in [4.69, 9.17) is 4.74 Å². The van der Waals surface area contributed by atoms with Crippen LogP contribution in [0.5, 0.6) is 5.75 Å². The van der Waals surface area contributed by atoms with E-state index in [1.807, 2.05) is 6.07 Å². The summed E-state index contributed by atoms with van der Waals surface area (Å²) in [4.78, 5) is 35.1. The summed E-state index contributed by atoms with van der Waals surface area (Å²) in [7, 11) is 0. The van der Waals surface area contributed by atoms with E-state index < -0.39 is 5.97 Å². The Labute approximate surface area is 132 Å². The van der Waals surface area contributed by atoms with Crippen LogP contribution in [-0.2, 0) is 9.59 Å². The molecule has 4 heteroatoms. The van der Waals surface area contributed by atoms with Crippen molar-refractivity contribution in [3.05, 3.63) is 84.0 Å². The molecule has 112 valence electrons. The van der Waals surface area contributed by atoms with Crippen LogP contribution in [-0.4, -0.2) is 17.5 Å². The second-order valence-electron chi connectivity index (χ2n) is 4.94. The number of esters is 1. The lowest BCUT2D eigenvalue weighted by Crippen LogP contribution is -2.09. The number of ketones is 2. The van der Waals surface area contributed by atoms with Gasteiger partial charge in [0.15, 0.2) is 11.6 Å². The fourth-order valence-corrected chi connectivity index (χ4v) is 2.18. The lowest BCUT2D eigenvalue weighted by molar-refractivity contribution is -0.113. The van der Waals surface area contributed by atoms with Gasteiger partial charge >= 0.3 is 5.97 Å². The van der Waals surface area contributed by atoms with Crippen LogP contribution in [0.25, 0.3) is 5.57 Å². The van der Waals surface area contributed by atoms with Gasteiger partial charge in [-0.05, 0) is 48.1 Å². The molecule has 0 unspecified atom stereocenters. The van der Waals surface area contributed by atoms with E-state index in [1.54, 1.807) is 48.5 Å². The average Bonchev–Trinajstić information content (AvgIpc) is 2.58. The van der Waals surface area contributed by atoms with E-state index in [0.717, 1.165) is 0 Å². The van der Waals surface area contributed by atoms with Crippen molar-refractivity contribution in [3.8, 4) is 5.75 Å². The molecule has 3 rings (SSSR count). The van der Waals surface area contributed by atoms with E-state index >= 15 is 0 Å². The van der Waals surface area contributed by atoms with Crippen molar-refractivity contribution in [2.24, 2.45) is 0 Å². The van der Waals surface area contributed by atoms with Crippen LogP contribution in [0.3, 0.4) is 0 Å². The standard InChI is InChI=1S/C19H12O4/c20-15-8-11-18(21)17(12-15)13-6-9-16(10-7-13)23-19(22)14-4-2-1-3-5-14/h1-12H. The first-order chi connectivity index (χ1) is 11.1. The number of rotatable bonds is 3. The summed E-state index contributed by atoms with van der Waals surface area (Å²) in [6.45, 7) is 0. The van der Waals surface area contributed by atoms with Crippen molar-refractivity contribution >= 4 is 23.1 Å². The summed E-state index contributed by atoms with van der Waals surface area (Å²) in [5.41, 5.74) is 1.39. The molecule has 0 aromatic heterocycles. The Hall–Kier alpha value is -3.27. The Balaban J connectivity index is 1.77. The molecule has 0 amide bonds. The Bertz CT molecular complexity index is 827. The summed E-state index contributed by atoms with van der Waals surface area (Å²) in [6.07, 6.45) is 3.79. The number of hydrogen-bond acceptors (Lipinski definition) is 4. The number of carbonyl (C=O) groups is 3. The summed E-state index contributed by atoms with van der Waals surface area (Å²) < 4.78 is 5.27. The number of allylic oxidation sites excluding steroid dienone is 4. The van der Waals surface area contributed by atoms with E-state index in [-0.39, 0.29) is 11.6 Å². The lowest BCUT2D eigenvalue weighted by atomic mass is 9.96. The number of benzene rings is 2. The van der Waals surface area contributed by atoms with Gasteiger partial charge in [-0.25, -0.2) is 4.79 Å². The number of hydrogen-bond donors (Lipinski definition) is 0.